The normalized spacial score (nSPS) is 21.4. The van der Waals surface area contributed by atoms with Crippen molar-refractivity contribution in [2.75, 3.05) is 6.66 Å². The van der Waals surface area contributed by atoms with Crippen LogP contribution in [0.25, 0.3) is 0 Å². The lowest BCUT2D eigenvalue weighted by Gasteiger charge is -2.13. The van der Waals surface area contributed by atoms with Crippen LogP contribution in [0.1, 0.15) is 25.5 Å². The minimum absolute atomic E-state index is 0.133. The molecule has 5 heteroatoms. The molecule has 0 spiro atoms. The lowest BCUT2D eigenvalue weighted by Crippen LogP contribution is -2.14. The number of para-hydroxylation sites is 1. The van der Waals surface area contributed by atoms with Gasteiger partial charge in [0.25, 0.3) is 0 Å². The number of allylic oxidation sites excluding steroid dienone is 1. The topological polar surface area (TPSA) is 59.3 Å². The number of nitrogens with zero attached hydrogens (tertiary/aromatic N) is 1. The standard InChI is InChI=1S/C23H24NO3P/c1-23(2)19(12-13-28-3)21(23)22(25)27-20(15-24)16-8-7-11-18(14-16)26-17-9-5-4-6-10-17/h4-14,19-21,28H,1-3H3/b13-12-. The predicted molar refractivity (Wildman–Crippen MR) is 112 cm³/mol. The molecule has 0 N–H and O–H groups in total. The van der Waals surface area contributed by atoms with Crippen molar-refractivity contribution in [2.24, 2.45) is 17.3 Å². The molecule has 28 heavy (non-hydrogen) atoms. The van der Waals surface area contributed by atoms with Crippen molar-refractivity contribution in [3.63, 3.8) is 0 Å². The molecule has 0 aliphatic heterocycles. The summed E-state index contributed by atoms with van der Waals surface area (Å²) < 4.78 is 11.4. The average molecular weight is 393 g/mol. The van der Waals surface area contributed by atoms with Crippen LogP contribution in [0.2, 0.25) is 0 Å². The van der Waals surface area contributed by atoms with Crippen LogP contribution in [0.15, 0.2) is 66.5 Å². The molecule has 0 aromatic heterocycles. The van der Waals surface area contributed by atoms with Crippen molar-refractivity contribution in [1.82, 2.24) is 0 Å². The molecule has 4 nitrogen and oxygen atoms in total. The maximum absolute atomic E-state index is 12.7. The summed E-state index contributed by atoms with van der Waals surface area (Å²) in [5.74, 6) is 3.04. The monoisotopic (exact) mass is 393 g/mol. The van der Waals surface area contributed by atoms with Crippen LogP contribution in [0.3, 0.4) is 0 Å². The van der Waals surface area contributed by atoms with Crippen LogP contribution in [-0.2, 0) is 9.53 Å². The van der Waals surface area contributed by atoms with Gasteiger partial charge in [-0.3, -0.25) is 4.79 Å². The first-order chi connectivity index (χ1) is 13.5. The van der Waals surface area contributed by atoms with Gasteiger partial charge in [0, 0.05) is 5.56 Å². The molecule has 0 bridgehead atoms. The Labute approximate surface area is 168 Å². The van der Waals surface area contributed by atoms with Gasteiger partial charge in [-0.15, -0.1) is 8.58 Å². The molecule has 4 unspecified atom stereocenters. The average Bonchev–Trinajstić information content (AvgIpc) is 3.25. The van der Waals surface area contributed by atoms with Gasteiger partial charge in [-0.2, -0.15) is 5.26 Å². The summed E-state index contributed by atoms with van der Waals surface area (Å²) in [6, 6.07) is 18.6. The van der Waals surface area contributed by atoms with Crippen molar-refractivity contribution in [3.05, 3.63) is 72.1 Å². The first kappa shape index (κ1) is 20.1. The zero-order valence-electron chi connectivity index (χ0n) is 16.3. The highest BCUT2D eigenvalue weighted by atomic mass is 31.1. The molecule has 2 aromatic carbocycles. The van der Waals surface area contributed by atoms with E-state index in [1.807, 2.05) is 36.4 Å². The van der Waals surface area contributed by atoms with E-state index in [-0.39, 0.29) is 23.2 Å². The van der Waals surface area contributed by atoms with Gasteiger partial charge >= 0.3 is 5.97 Å². The van der Waals surface area contributed by atoms with E-state index in [0.717, 1.165) is 0 Å². The molecule has 3 rings (SSSR count). The van der Waals surface area contributed by atoms with Gasteiger partial charge in [0.2, 0.25) is 6.10 Å². The molecule has 1 aliphatic rings. The largest absolute Gasteiger partial charge is 0.457 e. The van der Waals surface area contributed by atoms with Crippen LogP contribution in [-0.4, -0.2) is 12.6 Å². The Morgan fingerprint density at radius 1 is 1.18 bits per heavy atom. The molecular weight excluding hydrogens is 369 g/mol. The second-order valence-electron chi connectivity index (χ2n) is 7.41. The third-order valence-electron chi connectivity index (χ3n) is 5.13. The maximum Gasteiger partial charge on any atom is 0.311 e. The Bertz CT molecular complexity index is 902. The lowest BCUT2D eigenvalue weighted by atomic mass is 10.1. The van der Waals surface area contributed by atoms with Crippen molar-refractivity contribution >= 4 is 14.6 Å². The van der Waals surface area contributed by atoms with Crippen molar-refractivity contribution in [1.29, 1.82) is 5.26 Å². The predicted octanol–water partition coefficient (Wildman–Crippen LogP) is 5.68. The number of carbonyl (C=O) groups excluding carboxylic acids is 1. The fourth-order valence-electron chi connectivity index (χ4n) is 3.41. The first-order valence-electron chi connectivity index (χ1n) is 9.24. The summed E-state index contributed by atoms with van der Waals surface area (Å²) in [7, 11) is 0.711. The Hall–Kier alpha value is -2.63. The van der Waals surface area contributed by atoms with E-state index in [1.54, 1.807) is 18.2 Å². The maximum atomic E-state index is 12.7. The van der Waals surface area contributed by atoms with E-state index in [0.29, 0.717) is 25.6 Å². The summed E-state index contributed by atoms with van der Waals surface area (Å²) in [6.45, 7) is 6.21. The van der Waals surface area contributed by atoms with Crippen LogP contribution < -0.4 is 4.74 Å². The Morgan fingerprint density at radius 3 is 2.57 bits per heavy atom. The van der Waals surface area contributed by atoms with E-state index in [4.69, 9.17) is 9.47 Å². The van der Waals surface area contributed by atoms with Gasteiger partial charge in [-0.1, -0.05) is 56.1 Å². The number of nitriles is 1. The van der Waals surface area contributed by atoms with E-state index >= 15 is 0 Å². The number of benzene rings is 2. The van der Waals surface area contributed by atoms with Crippen LogP contribution in [0.5, 0.6) is 11.5 Å². The molecule has 4 atom stereocenters. The van der Waals surface area contributed by atoms with Crippen molar-refractivity contribution in [3.8, 4) is 17.6 Å². The third kappa shape index (κ3) is 4.43. The third-order valence-corrected chi connectivity index (χ3v) is 5.65. The molecule has 1 aliphatic carbocycles. The number of hydrogen-bond donors (Lipinski definition) is 0. The smallest absolute Gasteiger partial charge is 0.311 e. The zero-order chi connectivity index (χ0) is 20.1. The Kier molecular flexibility index (Phi) is 6.17. The molecule has 144 valence electrons. The summed E-state index contributed by atoms with van der Waals surface area (Å²) in [4.78, 5) is 12.7. The SMILES string of the molecule is CP/C=C\C1C(C(=O)OC(C#N)c2cccc(Oc3ccccc3)c2)C1(C)C. The van der Waals surface area contributed by atoms with E-state index < -0.39 is 6.10 Å². The molecule has 0 amide bonds. The Balaban J connectivity index is 1.70. The van der Waals surface area contributed by atoms with Gasteiger partial charge in [0.15, 0.2) is 0 Å². The van der Waals surface area contributed by atoms with E-state index in [2.05, 4.69) is 38.5 Å². The van der Waals surface area contributed by atoms with Crippen LogP contribution >= 0.6 is 8.58 Å². The molecule has 0 heterocycles. The Morgan fingerprint density at radius 2 is 1.89 bits per heavy atom. The van der Waals surface area contributed by atoms with Gasteiger partial charge < -0.3 is 9.47 Å². The van der Waals surface area contributed by atoms with E-state index in [1.165, 1.54) is 0 Å². The molecule has 1 saturated carbocycles. The highest BCUT2D eigenvalue weighted by molar-refractivity contribution is 7.40. The molecular formula is C23H24NO3P. The highest BCUT2D eigenvalue weighted by Gasteiger charge is 2.61. The van der Waals surface area contributed by atoms with Crippen LogP contribution in [0.4, 0.5) is 0 Å². The van der Waals surface area contributed by atoms with E-state index in [9.17, 15) is 10.1 Å². The van der Waals surface area contributed by atoms with Gasteiger partial charge in [0.1, 0.15) is 17.6 Å². The fourth-order valence-corrected chi connectivity index (χ4v) is 3.81. The molecule has 0 saturated heterocycles. The summed E-state index contributed by atoms with van der Waals surface area (Å²) >= 11 is 0. The summed E-state index contributed by atoms with van der Waals surface area (Å²) in [5, 5.41) is 9.57. The summed E-state index contributed by atoms with van der Waals surface area (Å²) in [5.41, 5.74) is 0.468. The van der Waals surface area contributed by atoms with Gasteiger partial charge in [-0.05, 0) is 42.3 Å². The van der Waals surface area contributed by atoms with Crippen LogP contribution in [0, 0.1) is 28.6 Å². The molecule has 0 radical (unpaired) electrons. The fraction of sp³-hybridized carbons (Fsp3) is 0.304. The second-order valence-corrected chi connectivity index (χ2v) is 8.32. The first-order valence-corrected chi connectivity index (χ1v) is 10.8. The number of ether oxygens (including phenoxy) is 2. The van der Waals surface area contributed by atoms with Gasteiger partial charge in [-0.25, -0.2) is 0 Å². The molecule has 1 fully saturated rings. The minimum atomic E-state index is -0.957. The second kappa shape index (κ2) is 8.59. The quantitative estimate of drug-likeness (QED) is 0.448. The minimum Gasteiger partial charge on any atom is -0.457 e. The number of carbonyl (C=O) groups is 1. The highest BCUT2D eigenvalue weighted by Crippen LogP contribution is 2.60. The summed E-state index contributed by atoms with van der Waals surface area (Å²) in [6.07, 6.45) is 1.14. The van der Waals surface area contributed by atoms with Crippen molar-refractivity contribution < 1.29 is 14.3 Å². The number of hydrogen-bond acceptors (Lipinski definition) is 4. The van der Waals surface area contributed by atoms with Crippen molar-refractivity contribution in [2.45, 2.75) is 20.0 Å². The van der Waals surface area contributed by atoms with Gasteiger partial charge in [0.05, 0.1) is 5.92 Å². The lowest BCUT2D eigenvalue weighted by molar-refractivity contribution is -0.149. The zero-order valence-corrected chi connectivity index (χ0v) is 17.3. The number of rotatable bonds is 7. The number of esters is 1. The molecule has 2 aromatic rings.